The Kier molecular flexibility index (Phi) is 5.30. The second-order valence-corrected chi connectivity index (χ2v) is 6.40. The number of rotatable bonds is 5. The zero-order valence-electron chi connectivity index (χ0n) is 13.9. The van der Waals surface area contributed by atoms with Gasteiger partial charge in [-0.05, 0) is 30.9 Å². The first kappa shape index (κ1) is 16.7. The third-order valence-corrected chi connectivity index (χ3v) is 4.61. The lowest BCUT2D eigenvalue weighted by Gasteiger charge is -2.28. The van der Waals surface area contributed by atoms with Gasteiger partial charge in [0.15, 0.2) is 11.2 Å². The minimum absolute atomic E-state index is 0.0322. The van der Waals surface area contributed by atoms with Gasteiger partial charge in [-0.3, -0.25) is 9.59 Å². The molecule has 0 spiro atoms. The molecule has 0 bridgehead atoms. The van der Waals surface area contributed by atoms with E-state index in [-0.39, 0.29) is 17.3 Å². The molecule has 1 amide bonds. The van der Waals surface area contributed by atoms with Crippen molar-refractivity contribution in [1.29, 1.82) is 0 Å². The number of amides is 1. The molecule has 0 unspecified atom stereocenters. The highest BCUT2D eigenvalue weighted by atomic mass is 16.5. The molecule has 1 aliphatic carbocycles. The molecule has 1 N–H and O–H groups in total. The van der Waals surface area contributed by atoms with Gasteiger partial charge in [-0.1, -0.05) is 31.9 Å². The van der Waals surface area contributed by atoms with E-state index < -0.39 is 5.91 Å². The smallest absolute Gasteiger partial charge is 0.287 e. The molecule has 0 radical (unpaired) electrons. The fourth-order valence-corrected chi connectivity index (χ4v) is 3.21. The van der Waals surface area contributed by atoms with E-state index in [1.54, 1.807) is 24.3 Å². The van der Waals surface area contributed by atoms with Gasteiger partial charge in [0, 0.05) is 12.6 Å². The maximum Gasteiger partial charge on any atom is 0.287 e. The summed E-state index contributed by atoms with van der Waals surface area (Å²) < 4.78 is 11.4. The van der Waals surface area contributed by atoms with Crippen LogP contribution in [0.1, 0.15) is 43.2 Å². The van der Waals surface area contributed by atoms with Crippen molar-refractivity contribution in [3.63, 3.8) is 0 Å². The van der Waals surface area contributed by atoms with E-state index in [1.165, 1.54) is 25.3 Å². The van der Waals surface area contributed by atoms with E-state index in [1.807, 2.05) is 0 Å². The number of fused-ring (bicyclic) bond motifs is 1. The summed E-state index contributed by atoms with van der Waals surface area (Å²) in [6.45, 7) is 3.09. The van der Waals surface area contributed by atoms with E-state index in [4.69, 9.17) is 9.15 Å². The van der Waals surface area contributed by atoms with E-state index in [2.05, 4.69) is 12.2 Å². The predicted molar refractivity (Wildman–Crippen MR) is 92.2 cm³/mol. The summed E-state index contributed by atoms with van der Waals surface area (Å²) >= 11 is 0. The van der Waals surface area contributed by atoms with Crippen LogP contribution >= 0.6 is 0 Å². The van der Waals surface area contributed by atoms with Crippen molar-refractivity contribution in [3.05, 3.63) is 46.3 Å². The van der Waals surface area contributed by atoms with E-state index in [0.717, 1.165) is 6.42 Å². The Morgan fingerprint density at radius 2 is 2.08 bits per heavy atom. The standard InChI is InChI=1S/C19H23NO4/c1-13-6-2-4-8-16(13)23-11-10-20-19(22)18-12-15(21)14-7-3-5-9-17(14)24-18/h3,5,7,9,12-13,16H,2,4,6,8,10-11H2,1H3,(H,20,22)/t13-,16-/m1/s1. The number of nitrogens with one attached hydrogen (secondary N) is 1. The molecular weight excluding hydrogens is 306 g/mol. The number of para-hydroxylation sites is 1. The Morgan fingerprint density at radius 3 is 2.92 bits per heavy atom. The first-order valence-corrected chi connectivity index (χ1v) is 8.58. The molecule has 2 aromatic rings. The van der Waals surface area contributed by atoms with Crippen LogP contribution in [0.2, 0.25) is 0 Å². The van der Waals surface area contributed by atoms with Crippen molar-refractivity contribution < 1.29 is 13.9 Å². The Balaban J connectivity index is 1.54. The second kappa shape index (κ2) is 7.62. The van der Waals surface area contributed by atoms with Crippen LogP contribution in [0.3, 0.4) is 0 Å². The summed E-state index contributed by atoms with van der Waals surface area (Å²) in [5, 5.41) is 3.22. The van der Waals surface area contributed by atoms with Gasteiger partial charge < -0.3 is 14.5 Å². The van der Waals surface area contributed by atoms with Crippen LogP contribution in [0.5, 0.6) is 0 Å². The third kappa shape index (κ3) is 3.85. The molecule has 2 atom stereocenters. The van der Waals surface area contributed by atoms with Gasteiger partial charge in [-0.2, -0.15) is 0 Å². The van der Waals surface area contributed by atoms with Crippen LogP contribution in [0.4, 0.5) is 0 Å². The first-order chi connectivity index (χ1) is 11.6. The van der Waals surface area contributed by atoms with Crippen molar-refractivity contribution in [2.75, 3.05) is 13.2 Å². The van der Waals surface area contributed by atoms with Crippen LogP contribution in [-0.2, 0) is 4.74 Å². The molecule has 24 heavy (non-hydrogen) atoms. The lowest BCUT2D eigenvalue weighted by molar-refractivity contribution is -0.00300. The molecule has 5 heteroatoms. The molecule has 0 saturated heterocycles. The molecule has 0 aliphatic heterocycles. The quantitative estimate of drug-likeness (QED) is 0.856. The molecule has 128 valence electrons. The number of benzene rings is 1. The van der Waals surface area contributed by atoms with Gasteiger partial charge in [0.2, 0.25) is 0 Å². The Morgan fingerprint density at radius 1 is 1.29 bits per heavy atom. The fraction of sp³-hybridized carbons (Fsp3) is 0.474. The second-order valence-electron chi connectivity index (χ2n) is 6.40. The SMILES string of the molecule is C[C@@H]1CCCC[C@H]1OCCNC(=O)c1cc(=O)c2ccccc2o1. The van der Waals surface area contributed by atoms with Crippen molar-refractivity contribution >= 4 is 16.9 Å². The number of hydrogen-bond donors (Lipinski definition) is 1. The molecule has 1 saturated carbocycles. The lowest BCUT2D eigenvalue weighted by Crippen LogP contribution is -2.32. The van der Waals surface area contributed by atoms with Gasteiger partial charge in [0.1, 0.15) is 5.58 Å². The van der Waals surface area contributed by atoms with Crippen molar-refractivity contribution in [3.8, 4) is 0 Å². The summed E-state index contributed by atoms with van der Waals surface area (Å²) in [5.41, 5.74) is 0.205. The molecule has 1 aliphatic rings. The zero-order valence-corrected chi connectivity index (χ0v) is 13.9. The maximum atomic E-state index is 12.2. The van der Waals surface area contributed by atoms with Gasteiger partial charge in [0.25, 0.3) is 5.91 Å². The van der Waals surface area contributed by atoms with E-state index in [0.29, 0.717) is 30.0 Å². The highest BCUT2D eigenvalue weighted by molar-refractivity contribution is 5.93. The molecule has 3 rings (SSSR count). The number of carbonyl (C=O) groups excluding carboxylic acids is 1. The van der Waals surface area contributed by atoms with Crippen LogP contribution in [-0.4, -0.2) is 25.2 Å². The van der Waals surface area contributed by atoms with Crippen LogP contribution in [0.25, 0.3) is 11.0 Å². The first-order valence-electron chi connectivity index (χ1n) is 8.58. The van der Waals surface area contributed by atoms with E-state index >= 15 is 0 Å². The number of hydrogen-bond acceptors (Lipinski definition) is 4. The predicted octanol–water partition coefficient (Wildman–Crippen LogP) is 3.12. The summed E-state index contributed by atoms with van der Waals surface area (Å²) in [6.07, 6.45) is 5.07. The van der Waals surface area contributed by atoms with Gasteiger partial charge in [0.05, 0.1) is 18.1 Å². The van der Waals surface area contributed by atoms with Gasteiger partial charge in [-0.25, -0.2) is 0 Å². The Labute approximate surface area is 141 Å². The molecule has 1 aromatic heterocycles. The van der Waals surface area contributed by atoms with Crippen molar-refractivity contribution in [2.24, 2.45) is 5.92 Å². The van der Waals surface area contributed by atoms with Crippen LogP contribution in [0.15, 0.2) is 39.5 Å². The van der Waals surface area contributed by atoms with E-state index in [9.17, 15) is 9.59 Å². The molecule has 1 aromatic carbocycles. The summed E-state index contributed by atoms with van der Waals surface area (Å²) in [7, 11) is 0. The highest BCUT2D eigenvalue weighted by Crippen LogP contribution is 2.25. The molecule has 1 fully saturated rings. The zero-order chi connectivity index (χ0) is 16.9. The topological polar surface area (TPSA) is 68.5 Å². The van der Waals surface area contributed by atoms with Crippen molar-refractivity contribution in [1.82, 2.24) is 5.32 Å². The lowest BCUT2D eigenvalue weighted by atomic mass is 9.88. The molecular formula is C19H23NO4. The minimum atomic E-state index is -0.391. The summed E-state index contributed by atoms with van der Waals surface area (Å²) in [5.74, 6) is 0.218. The van der Waals surface area contributed by atoms with Crippen LogP contribution < -0.4 is 10.7 Å². The van der Waals surface area contributed by atoms with Gasteiger partial charge in [-0.15, -0.1) is 0 Å². The number of carbonyl (C=O) groups is 1. The summed E-state index contributed by atoms with van der Waals surface area (Å²) in [4.78, 5) is 24.2. The molecule has 5 nitrogen and oxygen atoms in total. The maximum absolute atomic E-state index is 12.2. The Hall–Kier alpha value is -2.14. The monoisotopic (exact) mass is 329 g/mol. The summed E-state index contributed by atoms with van der Waals surface area (Å²) in [6, 6.07) is 8.14. The normalized spacial score (nSPS) is 20.9. The average molecular weight is 329 g/mol. The highest BCUT2D eigenvalue weighted by Gasteiger charge is 2.21. The average Bonchev–Trinajstić information content (AvgIpc) is 2.60. The minimum Gasteiger partial charge on any atom is -0.451 e. The fourth-order valence-electron chi connectivity index (χ4n) is 3.21. The Bertz CT molecular complexity index is 767. The largest absolute Gasteiger partial charge is 0.451 e. The number of ether oxygens (including phenoxy) is 1. The van der Waals surface area contributed by atoms with Gasteiger partial charge >= 0.3 is 0 Å². The van der Waals surface area contributed by atoms with Crippen molar-refractivity contribution in [2.45, 2.75) is 38.7 Å². The van der Waals surface area contributed by atoms with Crippen LogP contribution in [0, 0.1) is 5.92 Å². The third-order valence-electron chi connectivity index (χ3n) is 4.61. The molecule has 1 heterocycles.